The molecule has 1 aromatic heterocycles. The lowest BCUT2D eigenvalue weighted by Gasteiger charge is -2.36. The summed E-state index contributed by atoms with van der Waals surface area (Å²) < 4.78 is 21.7. The topological polar surface area (TPSA) is 85.8 Å². The molecule has 2 rings (SSSR count). The first-order valence-electron chi connectivity index (χ1n) is 11.5. The number of hydrogen-bond acceptors (Lipinski definition) is 6. The molecule has 0 radical (unpaired) electrons. The van der Waals surface area contributed by atoms with Gasteiger partial charge in [0, 0.05) is 38.2 Å². The van der Waals surface area contributed by atoms with Gasteiger partial charge in [-0.15, -0.1) is 0 Å². The number of nitrogens with zero attached hydrogens (tertiary/aromatic N) is 2. The van der Waals surface area contributed by atoms with Crippen LogP contribution in [0.2, 0.25) is 0 Å². The zero-order valence-electron chi connectivity index (χ0n) is 20.4. The Balaban J connectivity index is 2.17. The Labute approximate surface area is 192 Å². The van der Waals surface area contributed by atoms with Crippen molar-refractivity contribution in [3.8, 4) is 11.8 Å². The molecule has 9 heteroatoms. The number of hydrogen-bond donors (Lipinski definition) is 1. The van der Waals surface area contributed by atoms with Crippen LogP contribution in [0.1, 0.15) is 85.4 Å². The fourth-order valence-electron chi connectivity index (χ4n) is 3.78. The summed E-state index contributed by atoms with van der Waals surface area (Å²) in [5.41, 5.74) is -0.712. The lowest BCUT2D eigenvalue weighted by atomic mass is 10.2. The van der Waals surface area contributed by atoms with Gasteiger partial charge in [0.2, 0.25) is 0 Å². The monoisotopic (exact) mass is 467 g/mol. The molecule has 0 amide bonds. The number of rotatable bonds is 10. The summed E-state index contributed by atoms with van der Waals surface area (Å²) in [7, 11) is 0.379. The van der Waals surface area contributed by atoms with E-state index in [1.807, 2.05) is 6.92 Å². The molecule has 2 unspecified atom stereocenters. The zero-order valence-corrected chi connectivity index (χ0v) is 21.3. The van der Waals surface area contributed by atoms with Gasteiger partial charge in [0.05, 0.1) is 12.2 Å². The molecule has 180 valence electrons. The van der Waals surface area contributed by atoms with Gasteiger partial charge in [0.15, 0.2) is 0 Å². The SMILES string of the molecule is CCCCCC#Cc1cn([C@H]2CC(OP(OC)N(C(C)C)C(C)C)[C@@H](C)O2)c(=O)[nH]c1=O. The van der Waals surface area contributed by atoms with Crippen LogP contribution >= 0.6 is 8.53 Å². The fraction of sp³-hybridized carbons (Fsp3) is 0.739. The maximum Gasteiger partial charge on any atom is 0.330 e. The summed E-state index contributed by atoms with van der Waals surface area (Å²) in [6.07, 6.45) is 4.90. The van der Waals surface area contributed by atoms with Crippen LogP contribution < -0.4 is 11.2 Å². The van der Waals surface area contributed by atoms with Crippen molar-refractivity contribution in [2.75, 3.05) is 7.11 Å². The molecule has 0 aliphatic carbocycles. The number of ether oxygens (including phenoxy) is 1. The van der Waals surface area contributed by atoms with Gasteiger partial charge in [0.25, 0.3) is 14.1 Å². The third-order valence-electron chi connectivity index (χ3n) is 5.36. The van der Waals surface area contributed by atoms with Gasteiger partial charge in [-0.05, 0) is 41.0 Å². The lowest BCUT2D eigenvalue weighted by molar-refractivity contribution is -0.00837. The van der Waals surface area contributed by atoms with Gasteiger partial charge in [0.1, 0.15) is 11.8 Å². The zero-order chi connectivity index (χ0) is 23.8. The Morgan fingerprint density at radius 2 is 1.97 bits per heavy atom. The average molecular weight is 468 g/mol. The minimum Gasteiger partial charge on any atom is -0.352 e. The molecular weight excluding hydrogens is 429 g/mol. The van der Waals surface area contributed by atoms with Crippen LogP contribution in [-0.4, -0.2) is 45.6 Å². The minimum absolute atomic E-state index is 0.233. The minimum atomic E-state index is -1.27. The maximum absolute atomic E-state index is 12.5. The summed E-state index contributed by atoms with van der Waals surface area (Å²) >= 11 is 0. The first-order valence-corrected chi connectivity index (χ1v) is 12.6. The number of aromatic amines is 1. The van der Waals surface area contributed by atoms with E-state index in [0.29, 0.717) is 6.42 Å². The molecule has 4 atom stereocenters. The van der Waals surface area contributed by atoms with Gasteiger partial charge in [-0.2, -0.15) is 0 Å². The number of H-pyrrole nitrogens is 1. The Morgan fingerprint density at radius 1 is 1.28 bits per heavy atom. The van der Waals surface area contributed by atoms with E-state index in [1.165, 1.54) is 10.8 Å². The standard InChI is InChI=1S/C23H38N3O5P/c1-8-9-10-11-12-13-19-15-25(23(28)24-22(19)27)21-14-20(18(6)30-21)31-32(29-7)26(16(2)3)17(4)5/h15-18,20-21H,8-11,14H2,1-7H3,(H,24,27,28)/t18-,20?,21-,32?/m1/s1. The maximum atomic E-state index is 12.5. The Morgan fingerprint density at radius 3 is 2.56 bits per heavy atom. The van der Waals surface area contributed by atoms with Crippen molar-refractivity contribution < 1.29 is 13.8 Å². The predicted octanol–water partition coefficient (Wildman–Crippen LogP) is 4.15. The van der Waals surface area contributed by atoms with Crippen molar-refractivity contribution in [3.05, 3.63) is 32.6 Å². The predicted molar refractivity (Wildman–Crippen MR) is 127 cm³/mol. The van der Waals surface area contributed by atoms with Gasteiger partial charge >= 0.3 is 5.69 Å². The van der Waals surface area contributed by atoms with E-state index in [9.17, 15) is 9.59 Å². The molecular formula is C23H38N3O5P. The van der Waals surface area contributed by atoms with Crippen LogP contribution in [-0.2, 0) is 13.8 Å². The van der Waals surface area contributed by atoms with E-state index in [1.54, 1.807) is 7.11 Å². The summed E-state index contributed by atoms with van der Waals surface area (Å²) in [6, 6.07) is 0.518. The van der Waals surface area contributed by atoms with Crippen molar-refractivity contribution in [1.82, 2.24) is 14.2 Å². The summed E-state index contributed by atoms with van der Waals surface area (Å²) in [4.78, 5) is 27.0. The Kier molecular flexibility index (Phi) is 10.6. The number of nitrogens with one attached hydrogen (secondary N) is 1. The second-order valence-corrected chi connectivity index (χ2v) is 10.1. The summed E-state index contributed by atoms with van der Waals surface area (Å²) in [6.45, 7) is 12.5. The van der Waals surface area contributed by atoms with E-state index in [0.717, 1.165) is 25.7 Å². The summed E-state index contributed by atoms with van der Waals surface area (Å²) in [5, 5.41) is 0. The summed E-state index contributed by atoms with van der Waals surface area (Å²) in [5.74, 6) is 5.93. The van der Waals surface area contributed by atoms with Gasteiger partial charge in [-0.1, -0.05) is 31.6 Å². The first-order chi connectivity index (χ1) is 15.2. The second kappa shape index (κ2) is 12.7. The normalized spacial score (nSPS) is 21.9. The van der Waals surface area contributed by atoms with E-state index in [2.05, 4.69) is 56.1 Å². The fourth-order valence-corrected chi connectivity index (χ4v) is 5.41. The molecule has 0 spiro atoms. The highest BCUT2D eigenvalue weighted by atomic mass is 31.2. The highest BCUT2D eigenvalue weighted by Crippen LogP contribution is 2.49. The second-order valence-electron chi connectivity index (χ2n) is 8.63. The Bertz CT molecular complexity index is 893. The highest BCUT2D eigenvalue weighted by Gasteiger charge is 2.39. The van der Waals surface area contributed by atoms with Crippen molar-refractivity contribution in [2.24, 2.45) is 0 Å². The molecule has 1 aromatic rings. The van der Waals surface area contributed by atoms with Crippen molar-refractivity contribution in [2.45, 2.75) is 104 Å². The average Bonchev–Trinajstić information content (AvgIpc) is 3.08. The smallest absolute Gasteiger partial charge is 0.330 e. The lowest BCUT2D eigenvalue weighted by Crippen LogP contribution is -2.35. The van der Waals surface area contributed by atoms with Gasteiger partial charge in [-0.25, -0.2) is 9.46 Å². The molecule has 2 heterocycles. The van der Waals surface area contributed by atoms with Crippen LogP contribution in [0.15, 0.2) is 15.8 Å². The molecule has 1 aliphatic rings. The van der Waals surface area contributed by atoms with Crippen LogP contribution in [0, 0.1) is 11.8 Å². The number of unbranched alkanes of at least 4 members (excludes halogenated alkanes) is 3. The molecule has 0 bridgehead atoms. The van der Waals surface area contributed by atoms with Gasteiger partial charge < -0.3 is 13.8 Å². The van der Waals surface area contributed by atoms with E-state index < -0.39 is 26.0 Å². The van der Waals surface area contributed by atoms with Crippen LogP contribution in [0.3, 0.4) is 0 Å². The quantitative estimate of drug-likeness (QED) is 0.316. The molecule has 1 fully saturated rings. The molecule has 0 saturated carbocycles. The first kappa shape index (κ1) is 26.8. The molecule has 32 heavy (non-hydrogen) atoms. The van der Waals surface area contributed by atoms with Gasteiger partial charge in [-0.3, -0.25) is 14.3 Å². The largest absolute Gasteiger partial charge is 0.352 e. The van der Waals surface area contributed by atoms with Crippen LogP contribution in [0.4, 0.5) is 0 Å². The third kappa shape index (κ3) is 7.00. The van der Waals surface area contributed by atoms with E-state index >= 15 is 0 Å². The highest BCUT2D eigenvalue weighted by molar-refractivity contribution is 7.44. The Hall–Kier alpha value is -1.49. The molecule has 1 saturated heterocycles. The van der Waals surface area contributed by atoms with Crippen LogP contribution in [0.5, 0.6) is 0 Å². The molecule has 1 aliphatic heterocycles. The van der Waals surface area contributed by atoms with Crippen LogP contribution in [0.25, 0.3) is 0 Å². The van der Waals surface area contributed by atoms with E-state index in [4.69, 9.17) is 13.8 Å². The van der Waals surface area contributed by atoms with Crippen molar-refractivity contribution in [3.63, 3.8) is 0 Å². The van der Waals surface area contributed by atoms with E-state index in [-0.39, 0.29) is 29.9 Å². The molecule has 0 aromatic carbocycles. The molecule has 8 nitrogen and oxygen atoms in total. The van der Waals surface area contributed by atoms with Crippen molar-refractivity contribution in [1.29, 1.82) is 0 Å². The third-order valence-corrected chi connectivity index (χ3v) is 7.43. The number of aromatic nitrogens is 2. The van der Waals surface area contributed by atoms with Crippen molar-refractivity contribution >= 4 is 8.53 Å². The molecule has 1 N–H and O–H groups in total.